The quantitative estimate of drug-likeness (QED) is 0.765. The van der Waals surface area contributed by atoms with Gasteiger partial charge in [-0.05, 0) is 40.4 Å². The zero-order chi connectivity index (χ0) is 14.4. The Balaban J connectivity index is 2.00. The number of rotatable bonds is 2. The van der Waals surface area contributed by atoms with Crippen LogP contribution in [-0.4, -0.2) is 35.3 Å². The summed E-state index contributed by atoms with van der Waals surface area (Å²) in [5.41, 5.74) is 2.19. The first kappa shape index (κ1) is 13.9. The summed E-state index contributed by atoms with van der Waals surface area (Å²) in [6, 6.07) is 3.74. The molecule has 2 heterocycles. The number of nitrogens with one attached hydrogen (secondary N) is 1. The maximum atomic E-state index is 11.5. The fourth-order valence-corrected chi connectivity index (χ4v) is 3.65. The van der Waals surface area contributed by atoms with Gasteiger partial charge in [0.05, 0.1) is 18.3 Å². The predicted molar refractivity (Wildman–Crippen MR) is 79.7 cm³/mol. The molecule has 1 saturated heterocycles. The van der Waals surface area contributed by atoms with Crippen LogP contribution < -0.4 is 10.2 Å². The average Bonchev–Trinajstić information content (AvgIpc) is 2.91. The minimum Gasteiger partial charge on any atom is -0.394 e. The van der Waals surface area contributed by atoms with Crippen LogP contribution in [0.2, 0.25) is 0 Å². The maximum Gasteiger partial charge on any atom is 0.257 e. The van der Waals surface area contributed by atoms with Crippen LogP contribution in [0.1, 0.15) is 25.0 Å². The van der Waals surface area contributed by atoms with Gasteiger partial charge in [-0.1, -0.05) is 6.92 Å². The van der Waals surface area contributed by atoms with Crippen molar-refractivity contribution in [1.82, 2.24) is 0 Å². The van der Waals surface area contributed by atoms with Crippen molar-refractivity contribution >= 4 is 33.2 Å². The number of fused-ring (bicyclic) bond motifs is 1. The second-order valence-corrected chi connectivity index (χ2v) is 6.35. The van der Waals surface area contributed by atoms with E-state index in [1.807, 2.05) is 6.07 Å². The zero-order valence-corrected chi connectivity index (χ0v) is 12.7. The average molecular weight is 341 g/mol. The molecule has 0 saturated carbocycles. The van der Waals surface area contributed by atoms with Crippen molar-refractivity contribution < 1.29 is 15.0 Å². The Bertz CT molecular complexity index is 564. The molecule has 6 heteroatoms. The number of carbonyl (C=O) groups is 1. The Labute approximate surface area is 125 Å². The molecule has 2 aliphatic rings. The highest BCUT2D eigenvalue weighted by molar-refractivity contribution is 9.10. The molecule has 0 radical (unpaired) electrons. The molecular weight excluding hydrogens is 324 g/mol. The van der Waals surface area contributed by atoms with E-state index in [4.69, 9.17) is 0 Å². The van der Waals surface area contributed by atoms with Crippen molar-refractivity contribution in [2.24, 2.45) is 5.92 Å². The molecule has 1 fully saturated rings. The van der Waals surface area contributed by atoms with Crippen LogP contribution in [0, 0.1) is 5.92 Å². The van der Waals surface area contributed by atoms with Crippen LogP contribution in [-0.2, 0) is 4.79 Å². The van der Waals surface area contributed by atoms with Gasteiger partial charge in [0.25, 0.3) is 5.91 Å². The maximum absolute atomic E-state index is 11.5. The molecule has 0 spiro atoms. The Morgan fingerprint density at radius 1 is 1.50 bits per heavy atom. The number of anilines is 2. The molecule has 108 valence electrons. The zero-order valence-electron chi connectivity index (χ0n) is 11.1. The number of aliphatic hydroxyl groups is 2. The summed E-state index contributed by atoms with van der Waals surface area (Å²) in [7, 11) is 0. The van der Waals surface area contributed by atoms with E-state index in [0.29, 0.717) is 17.2 Å². The summed E-state index contributed by atoms with van der Waals surface area (Å²) < 4.78 is 0.833. The van der Waals surface area contributed by atoms with E-state index in [2.05, 4.69) is 33.1 Å². The fourth-order valence-electron chi connectivity index (χ4n) is 3.06. The lowest BCUT2D eigenvalue weighted by Gasteiger charge is -2.28. The second-order valence-electron chi connectivity index (χ2n) is 5.49. The van der Waals surface area contributed by atoms with Gasteiger partial charge >= 0.3 is 0 Å². The van der Waals surface area contributed by atoms with Gasteiger partial charge in [-0.2, -0.15) is 0 Å². The van der Waals surface area contributed by atoms with Crippen molar-refractivity contribution in [1.29, 1.82) is 0 Å². The molecule has 0 aromatic heterocycles. The Morgan fingerprint density at radius 2 is 2.25 bits per heavy atom. The third kappa shape index (κ3) is 2.03. The number of hydrogen-bond acceptors (Lipinski definition) is 4. The summed E-state index contributed by atoms with van der Waals surface area (Å²) in [6.45, 7) is 3.12. The Morgan fingerprint density at radius 3 is 2.95 bits per heavy atom. The van der Waals surface area contributed by atoms with E-state index >= 15 is 0 Å². The van der Waals surface area contributed by atoms with Gasteiger partial charge in [-0.25, -0.2) is 0 Å². The van der Waals surface area contributed by atoms with Gasteiger partial charge in [0.15, 0.2) is 6.10 Å². The van der Waals surface area contributed by atoms with Crippen LogP contribution >= 0.6 is 15.9 Å². The van der Waals surface area contributed by atoms with Crippen molar-refractivity contribution in [3.8, 4) is 0 Å². The number of hydrogen-bond donors (Lipinski definition) is 3. The van der Waals surface area contributed by atoms with Gasteiger partial charge in [0.2, 0.25) is 0 Å². The molecule has 0 aliphatic carbocycles. The molecule has 5 nitrogen and oxygen atoms in total. The normalized spacial score (nSPS) is 28.7. The Hall–Kier alpha value is -1.11. The first-order chi connectivity index (χ1) is 9.52. The van der Waals surface area contributed by atoms with Crippen LogP contribution in [0.4, 0.5) is 11.4 Å². The lowest BCUT2D eigenvalue weighted by Crippen LogP contribution is -2.35. The molecule has 3 atom stereocenters. The lowest BCUT2D eigenvalue weighted by atomic mass is 10.0. The molecule has 2 aliphatic heterocycles. The number of amides is 1. The van der Waals surface area contributed by atoms with Crippen LogP contribution in [0.15, 0.2) is 16.6 Å². The van der Waals surface area contributed by atoms with Gasteiger partial charge in [0.1, 0.15) is 0 Å². The number of benzene rings is 1. The van der Waals surface area contributed by atoms with E-state index in [0.717, 1.165) is 23.1 Å². The van der Waals surface area contributed by atoms with Crippen LogP contribution in [0.5, 0.6) is 0 Å². The number of nitrogens with zero attached hydrogens (tertiary/aromatic N) is 1. The van der Waals surface area contributed by atoms with Crippen molar-refractivity contribution in [3.05, 3.63) is 22.2 Å². The molecule has 3 unspecified atom stereocenters. The third-order valence-electron chi connectivity index (χ3n) is 4.30. The molecule has 20 heavy (non-hydrogen) atoms. The van der Waals surface area contributed by atoms with E-state index in [9.17, 15) is 15.0 Å². The largest absolute Gasteiger partial charge is 0.394 e. The summed E-state index contributed by atoms with van der Waals surface area (Å²) in [4.78, 5) is 13.7. The Kier molecular flexibility index (Phi) is 3.48. The number of aliphatic hydroxyl groups excluding tert-OH is 2. The monoisotopic (exact) mass is 340 g/mol. The molecule has 1 aromatic rings. The van der Waals surface area contributed by atoms with E-state index in [1.165, 1.54) is 0 Å². The van der Waals surface area contributed by atoms with Crippen molar-refractivity contribution in [2.75, 3.05) is 23.4 Å². The van der Waals surface area contributed by atoms with Gasteiger partial charge in [-0.15, -0.1) is 0 Å². The summed E-state index contributed by atoms with van der Waals surface area (Å²) in [5.74, 6) is 0.0397. The second kappa shape index (κ2) is 5.02. The van der Waals surface area contributed by atoms with Gasteiger partial charge < -0.3 is 20.4 Å². The molecule has 0 bridgehead atoms. The standard InChI is InChI=1S/C14H17BrN2O3/c1-7-2-3-17(12(7)6-18)11-5-10-8(4-9(11)15)13(19)14(20)16-10/h4-5,7,12-13,18-19H,2-3,6H2,1H3,(H,16,20). The van der Waals surface area contributed by atoms with E-state index < -0.39 is 12.0 Å². The van der Waals surface area contributed by atoms with Crippen LogP contribution in [0.25, 0.3) is 0 Å². The summed E-state index contributed by atoms with van der Waals surface area (Å²) >= 11 is 3.51. The first-order valence-electron chi connectivity index (χ1n) is 6.72. The predicted octanol–water partition coefficient (Wildman–Crippen LogP) is 1.64. The molecule has 1 aromatic carbocycles. The molecular formula is C14H17BrN2O3. The highest BCUT2D eigenvalue weighted by Gasteiger charge is 2.34. The summed E-state index contributed by atoms with van der Waals surface area (Å²) in [5, 5.41) is 22.0. The minimum absolute atomic E-state index is 0.0892. The van der Waals surface area contributed by atoms with Gasteiger partial charge in [-0.3, -0.25) is 4.79 Å². The molecule has 3 N–H and O–H groups in total. The summed E-state index contributed by atoms with van der Waals surface area (Å²) in [6.07, 6.45) is -0.0644. The topological polar surface area (TPSA) is 72.8 Å². The number of halogens is 1. The van der Waals surface area contributed by atoms with Crippen molar-refractivity contribution in [3.63, 3.8) is 0 Å². The highest BCUT2D eigenvalue weighted by atomic mass is 79.9. The molecule has 3 rings (SSSR count). The molecule has 1 amide bonds. The van der Waals surface area contributed by atoms with E-state index in [1.54, 1.807) is 6.07 Å². The van der Waals surface area contributed by atoms with Crippen LogP contribution in [0.3, 0.4) is 0 Å². The fraction of sp³-hybridized carbons (Fsp3) is 0.500. The van der Waals surface area contributed by atoms with Gasteiger partial charge in [0, 0.05) is 22.3 Å². The SMILES string of the molecule is CC1CCN(c2cc3c(cc2Br)C(O)C(=O)N3)C1CO. The third-order valence-corrected chi connectivity index (χ3v) is 4.93. The first-order valence-corrected chi connectivity index (χ1v) is 7.52. The van der Waals surface area contributed by atoms with Crippen molar-refractivity contribution in [2.45, 2.75) is 25.5 Å². The number of carbonyl (C=O) groups excluding carboxylic acids is 1. The highest BCUT2D eigenvalue weighted by Crippen LogP contribution is 2.41. The smallest absolute Gasteiger partial charge is 0.257 e. The minimum atomic E-state index is -1.10. The lowest BCUT2D eigenvalue weighted by molar-refractivity contribution is -0.123. The van der Waals surface area contributed by atoms with E-state index in [-0.39, 0.29) is 12.6 Å².